The highest BCUT2D eigenvalue weighted by Crippen LogP contribution is 2.40. The van der Waals surface area contributed by atoms with E-state index in [1.54, 1.807) is 34.6 Å². The summed E-state index contributed by atoms with van der Waals surface area (Å²) in [5.74, 6) is 2.93. The molecule has 0 unspecified atom stereocenters. The van der Waals surface area contributed by atoms with Gasteiger partial charge in [0.15, 0.2) is 11.5 Å². The standard InChI is InChI=1S/C20H21N3O4/c1-24-15-7-5-14(6-8-15)22-20-21-10-9-16(23-20)13-11-17(25-2)19(27-4)18(12-13)26-3/h5-12H,1-4H3,(H,21,22,23). The molecule has 0 spiro atoms. The summed E-state index contributed by atoms with van der Waals surface area (Å²) in [4.78, 5) is 8.86. The van der Waals surface area contributed by atoms with Crippen molar-refractivity contribution in [1.82, 2.24) is 9.97 Å². The van der Waals surface area contributed by atoms with Crippen LogP contribution in [-0.2, 0) is 0 Å². The molecule has 1 aromatic heterocycles. The van der Waals surface area contributed by atoms with E-state index in [0.29, 0.717) is 23.2 Å². The second-order valence-corrected chi connectivity index (χ2v) is 5.53. The third kappa shape index (κ3) is 4.03. The van der Waals surface area contributed by atoms with Crippen LogP contribution < -0.4 is 24.3 Å². The third-order valence-electron chi connectivity index (χ3n) is 3.96. The molecule has 0 bridgehead atoms. The first kappa shape index (κ1) is 18.3. The second kappa shape index (κ2) is 8.27. The van der Waals surface area contributed by atoms with E-state index in [4.69, 9.17) is 18.9 Å². The molecule has 1 N–H and O–H groups in total. The average molecular weight is 367 g/mol. The van der Waals surface area contributed by atoms with E-state index < -0.39 is 0 Å². The summed E-state index contributed by atoms with van der Waals surface area (Å²) in [6, 6.07) is 13.0. The van der Waals surface area contributed by atoms with Crippen LogP contribution >= 0.6 is 0 Å². The van der Waals surface area contributed by atoms with E-state index in [2.05, 4.69) is 15.3 Å². The van der Waals surface area contributed by atoms with Crippen molar-refractivity contribution in [3.63, 3.8) is 0 Å². The first-order chi connectivity index (χ1) is 13.2. The minimum atomic E-state index is 0.478. The van der Waals surface area contributed by atoms with Crippen LogP contribution in [0.3, 0.4) is 0 Å². The molecule has 0 aliphatic carbocycles. The van der Waals surface area contributed by atoms with Crippen LogP contribution in [0.1, 0.15) is 0 Å². The highest BCUT2D eigenvalue weighted by Gasteiger charge is 2.15. The fourth-order valence-corrected chi connectivity index (χ4v) is 2.61. The summed E-state index contributed by atoms with van der Waals surface area (Å²) in [6.07, 6.45) is 1.69. The third-order valence-corrected chi connectivity index (χ3v) is 3.96. The zero-order valence-corrected chi connectivity index (χ0v) is 15.6. The summed E-state index contributed by atoms with van der Waals surface area (Å²) >= 11 is 0. The van der Waals surface area contributed by atoms with Gasteiger partial charge in [0.2, 0.25) is 11.7 Å². The molecular formula is C20H21N3O4. The first-order valence-corrected chi connectivity index (χ1v) is 8.23. The molecule has 0 atom stereocenters. The Hall–Kier alpha value is -3.48. The van der Waals surface area contributed by atoms with Gasteiger partial charge < -0.3 is 24.3 Å². The Morgan fingerprint density at radius 1 is 0.778 bits per heavy atom. The van der Waals surface area contributed by atoms with Crippen LogP contribution in [-0.4, -0.2) is 38.4 Å². The molecule has 0 fully saturated rings. The lowest BCUT2D eigenvalue weighted by atomic mass is 10.1. The summed E-state index contributed by atoms with van der Waals surface area (Å²) in [5, 5.41) is 3.18. The molecule has 0 saturated heterocycles. The lowest BCUT2D eigenvalue weighted by Crippen LogP contribution is -1.99. The fraction of sp³-hybridized carbons (Fsp3) is 0.200. The Kier molecular flexibility index (Phi) is 5.61. The van der Waals surface area contributed by atoms with E-state index in [1.165, 1.54) is 0 Å². The van der Waals surface area contributed by atoms with Gasteiger partial charge in [-0.05, 0) is 42.5 Å². The molecular weight excluding hydrogens is 346 g/mol. The maximum Gasteiger partial charge on any atom is 0.227 e. The van der Waals surface area contributed by atoms with E-state index in [0.717, 1.165) is 22.7 Å². The van der Waals surface area contributed by atoms with E-state index in [-0.39, 0.29) is 0 Å². The zero-order valence-electron chi connectivity index (χ0n) is 15.6. The molecule has 0 saturated carbocycles. The Morgan fingerprint density at radius 2 is 1.44 bits per heavy atom. The number of benzene rings is 2. The molecule has 0 radical (unpaired) electrons. The first-order valence-electron chi connectivity index (χ1n) is 8.23. The largest absolute Gasteiger partial charge is 0.497 e. The molecule has 140 valence electrons. The summed E-state index contributed by atoms with van der Waals surface area (Å²) in [6.45, 7) is 0. The van der Waals surface area contributed by atoms with E-state index >= 15 is 0 Å². The van der Waals surface area contributed by atoms with Gasteiger partial charge in [0, 0.05) is 17.4 Å². The van der Waals surface area contributed by atoms with Crippen molar-refractivity contribution in [3.05, 3.63) is 48.7 Å². The van der Waals surface area contributed by atoms with Crippen LogP contribution in [0.2, 0.25) is 0 Å². The number of ether oxygens (including phenoxy) is 4. The van der Waals surface area contributed by atoms with E-state index in [1.807, 2.05) is 42.5 Å². The van der Waals surface area contributed by atoms with E-state index in [9.17, 15) is 0 Å². The van der Waals surface area contributed by atoms with Crippen molar-refractivity contribution in [3.8, 4) is 34.3 Å². The Morgan fingerprint density at radius 3 is 2.00 bits per heavy atom. The Balaban J connectivity index is 1.92. The molecule has 27 heavy (non-hydrogen) atoms. The quantitative estimate of drug-likeness (QED) is 0.678. The lowest BCUT2D eigenvalue weighted by molar-refractivity contribution is 0.324. The molecule has 3 rings (SSSR count). The maximum atomic E-state index is 5.41. The molecule has 0 aliphatic rings. The molecule has 3 aromatic rings. The monoisotopic (exact) mass is 367 g/mol. The number of methoxy groups -OCH3 is 4. The van der Waals surface area contributed by atoms with Gasteiger partial charge in [0.25, 0.3) is 0 Å². The molecule has 0 amide bonds. The molecule has 7 nitrogen and oxygen atoms in total. The Bertz CT molecular complexity index is 888. The molecule has 7 heteroatoms. The fourth-order valence-electron chi connectivity index (χ4n) is 2.61. The van der Waals surface area contributed by atoms with Gasteiger partial charge in [-0.1, -0.05) is 0 Å². The van der Waals surface area contributed by atoms with Crippen molar-refractivity contribution in [2.24, 2.45) is 0 Å². The number of anilines is 2. The topological polar surface area (TPSA) is 74.7 Å². The summed E-state index contributed by atoms with van der Waals surface area (Å²) in [7, 11) is 6.36. The van der Waals surface area contributed by atoms with Gasteiger partial charge in [-0.15, -0.1) is 0 Å². The number of aromatic nitrogens is 2. The minimum Gasteiger partial charge on any atom is -0.497 e. The minimum absolute atomic E-state index is 0.478. The molecule has 0 aliphatic heterocycles. The van der Waals surface area contributed by atoms with Gasteiger partial charge >= 0.3 is 0 Å². The summed E-state index contributed by atoms with van der Waals surface area (Å²) < 4.78 is 21.4. The van der Waals surface area contributed by atoms with Gasteiger partial charge in [-0.3, -0.25) is 0 Å². The van der Waals surface area contributed by atoms with Crippen LogP contribution in [0.15, 0.2) is 48.7 Å². The van der Waals surface area contributed by atoms with Gasteiger partial charge in [-0.2, -0.15) is 0 Å². The normalized spacial score (nSPS) is 10.2. The van der Waals surface area contributed by atoms with Gasteiger partial charge in [-0.25, -0.2) is 9.97 Å². The smallest absolute Gasteiger partial charge is 0.227 e. The highest BCUT2D eigenvalue weighted by atomic mass is 16.5. The maximum absolute atomic E-state index is 5.41. The SMILES string of the molecule is COc1ccc(Nc2nccc(-c3cc(OC)c(OC)c(OC)c3)n2)cc1. The number of hydrogen-bond acceptors (Lipinski definition) is 7. The van der Waals surface area contributed by atoms with Crippen LogP contribution in [0.5, 0.6) is 23.0 Å². The van der Waals surface area contributed by atoms with Crippen LogP contribution in [0.25, 0.3) is 11.3 Å². The van der Waals surface area contributed by atoms with Crippen molar-refractivity contribution in [1.29, 1.82) is 0 Å². The number of hydrogen-bond donors (Lipinski definition) is 1. The van der Waals surface area contributed by atoms with Crippen molar-refractivity contribution in [2.45, 2.75) is 0 Å². The average Bonchev–Trinajstić information content (AvgIpc) is 2.73. The van der Waals surface area contributed by atoms with Crippen molar-refractivity contribution >= 4 is 11.6 Å². The molecule has 1 heterocycles. The number of nitrogens with zero attached hydrogens (tertiary/aromatic N) is 2. The van der Waals surface area contributed by atoms with Crippen LogP contribution in [0.4, 0.5) is 11.6 Å². The zero-order chi connectivity index (χ0) is 19.2. The number of rotatable bonds is 7. The van der Waals surface area contributed by atoms with Crippen molar-refractivity contribution < 1.29 is 18.9 Å². The Labute approximate surface area is 157 Å². The van der Waals surface area contributed by atoms with Crippen molar-refractivity contribution in [2.75, 3.05) is 33.8 Å². The predicted octanol–water partition coefficient (Wildman–Crippen LogP) is 3.92. The molecule has 2 aromatic carbocycles. The highest BCUT2D eigenvalue weighted by molar-refractivity contribution is 5.69. The van der Waals surface area contributed by atoms with Gasteiger partial charge in [0.05, 0.1) is 34.1 Å². The summed E-state index contributed by atoms with van der Waals surface area (Å²) in [5.41, 5.74) is 2.41. The van der Waals surface area contributed by atoms with Crippen LogP contribution in [0, 0.1) is 0 Å². The van der Waals surface area contributed by atoms with Gasteiger partial charge in [0.1, 0.15) is 5.75 Å². The number of nitrogens with one attached hydrogen (secondary N) is 1. The lowest BCUT2D eigenvalue weighted by Gasteiger charge is -2.14. The second-order valence-electron chi connectivity index (χ2n) is 5.53. The predicted molar refractivity (Wildman–Crippen MR) is 103 cm³/mol.